The average Bonchev–Trinajstić information content (AvgIpc) is 3.46. The Balaban J connectivity index is 1.25. The van der Waals surface area contributed by atoms with Gasteiger partial charge in [0.25, 0.3) is 0 Å². The Bertz CT molecular complexity index is 1280. The highest BCUT2D eigenvalue weighted by molar-refractivity contribution is 6.00. The summed E-state index contributed by atoms with van der Waals surface area (Å²) in [5, 5.41) is 14.5. The number of amidine groups is 1. The van der Waals surface area contributed by atoms with Gasteiger partial charge in [-0.15, -0.1) is 5.10 Å². The van der Waals surface area contributed by atoms with Gasteiger partial charge in [-0.3, -0.25) is 0 Å². The Morgan fingerprint density at radius 2 is 1.79 bits per heavy atom. The summed E-state index contributed by atoms with van der Waals surface area (Å²) in [6.45, 7) is 8.49. The van der Waals surface area contributed by atoms with Crippen molar-refractivity contribution < 1.29 is 0 Å². The highest BCUT2D eigenvalue weighted by Crippen LogP contribution is 2.36. The lowest BCUT2D eigenvalue weighted by atomic mass is 9.98. The van der Waals surface area contributed by atoms with Gasteiger partial charge in [0, 0.05) is 31.4 Å². The van der Waals surface area contributed by atoms with Crippen LogP contribution in [0.1, 0.15) is 57.9 Å². The molecule has 8 heteroatoms. The summed E-state index contributed by atoms with van der Waals surface area (Å²) in [5.74, 6) is 2.74. The van der Waals surface area contributed by atoms with E-state index in [1.807, 2.05) is 6.07 Å². The lowest BCUT2D eigenvalue weighted by Gasteiger charge is -2.38. The first-order chi connectivity index (χ1) is 18.7. The van der Waals surface area contributed by atoms with Gasteiger partial charge in [0.1, 0.15) is 6.17 Å². The molecule has 1 atom stereocenters. The fourth-order valence-corrected chi connectivity index (χ4v) is 5.58. The minimum Gasteiger partial charge on any atom is -0.358 e. The normalized spacial score (nSPS) is 19.0. The van der Waals surface area contributed by atoms with E-state index in [9.17, 15) is 0 Å². The van der Waals surface area contributed by atoms with E-state index in [1.54, 1.807) is 0 Å². The number of nitrogens with one attached hydrogen (secondary N) is 1. The lowest BCUT2D eigenvalue weighted by molar-refractivity contribution is 0.216. The van der Waals surface area contributed by atoms with Gasteiger partial charge in [-0.05, 0) is 65.6 Å². The smallest absolute Gasteiger partial charge is 0.180 e. The molecule has 0 bridgehead atoms. The predicted molar refractivity (Wildman–Crippen MR) is 151 cm³/mol. The topological polar surface area (TPSA) is 76.5 Å². The van der Waals surface area contributed by atoms with Gasteiger partial charge >= 0.3 is 0 Å². The number of aliphatic imine (C=N–C) groups is 1. The molecule has 1 saturated carbocycles. The van der Waals surface area contributed by atoms with Gasteiger partial charge in [0.2, 0.25) is 0 Å². The molecule has 2 aliphatic heterocycles. The maximum Gasteiger partial charge on any atom is 0.180 e. The predicted octanol–water partition coefficient (Wildman–Crippen LogP) is 5.50. The monoisotopic (exact) mass is 510 g/mol. The molecular weight excluding hydrogens is 472 g/mol. The van der Waals surface area contributed by atoms with E-state index in [4.69, 9.17) is 4.99 Å². The summed E-state index contributed by atoms with van der Waals surface area (Å²) in [6, 6.07) is 17.2. The van der Waals surface area contributed by atoms with Crippen molar-refractivity contribution in [2.45, 2.75) is 65.1 Å². The van der Waals surface area contributed by atoms with Crippen LogP contribution in [0.15, 0.2) is 65.4 Å². The highest BCUT2D eigenvalue weighted by atomic mass is 15.5. The van der Waals surface area contributed by atoms with Crippen molar-refractivity contribution in [1.29, 1.82) is 0 Å². The number of aromatic amines is 1. The first kappa shape index (κ1) is 24.6. The summed E-state index contributed by atoms with van der Waals surface area (Å²) in [5.41, 5.74) is 5.87. The van der Waals surface area contributed by atoms with Crippen LogP contribution in [0.5, 0.6) is 0 Å². The molecule has 2 aromatic carbocycles. The zero-order valence-electron chi connectivity index (χ0n) is 22.6. The fraction of sp³-hybridized carbons (Fsp3) is 0.467. The molecular formula is C30H38N8. The van der Waals surface area contributed by atoms with Crippen LogP contribution in [0.3, 0.4) is 0 Å². The number of H-pyrrole nitrogens is 1. The molecule has 1 N–H and O–H groups in total. The van der Waals surface area contributed by atoms with E-state index in [-0.39, 0.29) is 6.17 Å². The lowest BCUT2D eigenvalue weighted by Crippen LogP contribution is -2.46. The first-order valence-electron chi connectivity index (χ1n) is 14.2. The summed E-state index contributed by atoms with van der Waals surface area (Å²) in [7, 11) is 0. The van der Waals surface area contributed by atoms with Crippen molar-refractivity contribution in [1.82, 2.24) is 35.3 Å². The van der Waals surface area contributed by atoms with Gasteiger partial charge in [0.15, 0.2) is 11.7 Å². The molecule has 0 amide bonds. The zero-order chi connectivity index (χ0) is 25.9. The van der Waals surface area contributed by atoms with Crippen LogP contribution in [0.25, 0.3) is 22.5 Å². The largest absolute Gasteiger partial charge is 0.358 e. The van der Waals surface area contributed by atoms with Crippen LogP contribution in [-0.4, -0.2) is 67.1 Å². The summed E-state index contributed by atoms with van der Waals surface area (Å²) >= 11 is 0. The van der Waals surface area contributed by atoms with Crippen molar-refractivity contribution in [2.24, 2.45) is 10.9 Å². The number of aromatic nitrogens is 4. The van der Waals surface area contributed by atoms with Crippen molar-refractivity contribution in [2.75, 3.05) is 19.8 Å². The Morgan fingerprint density at radius 3 is 2.50 bits per heavy atom. The van der Waals surface area contributed by atoms with Gasteiger partial charge in [-0.2, -0.15) is 0 Å². The third-order valence-electron chi connectivity index (χ3n) is 7.92. The van der Waals surface area contributed by atoms with Crippen molar-refractivity contribution >= 4 is 5.84 Å². The van der Waals surface area contributed by atoms with E-state index in [0.29, 0.717) is 5.82 Å². The second-order valence-corrected chi connectivity index (χ2v) is 10.8. The third-order valence-corrected chi connectivity index (χ3v) is 7.92. The second kappa shape index (κ2) is 11.0. The Labute approximate surface area is 225 Å². The molecule has 0 spiro atoms. The molecule has 198 valence electrons. The zero-order valence-corrected chi connectivity index (χ0v) is 22.6. The van der Waals surface area contributed by atoms with E-state index < -0.39 is 0 Å². The van der Waals surface area contributed by atoms with E-state index >= 15 is 0 Å². The average molecular weight is 511 g/mol. The number of hydrogen-bond acceptors (Lipinski definition) is 7. The Morgan fingerprint density at radius 1 is 0.974 bits per heavy atom. The molecule has 0 radical (unpaired) electrons. The number of nitrogens with zero attached hydrogens (tertiary/aromatic N) is 7. The van der Waals surface area contributed by atoms with E-state index in [1.165, 1.54) is 49.2 Å². The number of tetrazole rings is 1. The van der Waals surface area contributed by atoms with Gasteiger partial charge in [0.05, 0.1) is 12.4 Å². The Hall–Kier alpha value is -3.68. The van der Waals surface area contributed by atoms with Crippen molar-refractivity contribution in [3.63, 3.8) is 0 Å². The molecule has 0 saturated heterocycles. The maximum atomic E-state index is 5.35. The fourth-order valence-electron chi connectivity index (χ4n) is 5.58. The van der Waals surface area contributed by atoms with Crippen LogP contribution in [0.4, 0.5) is 0 Å². The van der Waals surface area contributed by atoms with E-state index in [0.717, 1.165) is 55.3 Å². The number of rotatable bonds is 11. The standard InChI is InChI=1S/C30H38N8/c1-3-5-6-11-28-31-30-27(20-36(4-2)21-37(30)18-22-12-13-22)38(28)19-23-14-16-24(17-15-23)25-9-7-8-10-26(25)29-32-34-35-33-29/h7-10,14-17,20,22,28H,3-6,11-13,18-19,21H2,1-2H3,(H,32,33,34,35). The van der Waals surface area contributed by atoms with Crippen molar-refractivity contribution in [3.8, 4) is 22.5 Å². The van der Waals surface area contributed by atoms with Gasteiger partial charge in [-0.25, -0.2) is 10.1 Å². The maximum absolute atomic E-state index is 5.35. The van der Waals surface area contributed by atoms with Crippen LogP contribution in [0, 0.1) is 5.92 Å². The van der Waals surface area contributed by atoms with Crippen LogP contribution >= 0.6 is 0 Å². The van der Waals surface area contributed by atoms with Crippen molar-refractivity contribution in [3.05, 3.63) is 66.0 Å². The van der Waals surface area contributed by atoms with Crippen LogP contribution in [0.2, 0.25) is 0 Å². The molecule has 8 nitrogen and oxygen atoms in total. The molecule has 3 aromatic rings. The number of hydrogen-bond donors (Lipinski definition) is 1. The van der Waals surface area contributed by atoms with Gasteiger partial charge in [-0.1, -0.05) is 68.3 Å². The molecule has 38 heavy (non-hydrogen) atoms. The second-order valence-electron chi connectivity index (χ2n) is 10.8. The number of unbranched alkanes of at least 4 members (excludes halogenated alkanes) is 2. The molecule has 1 aliphatic carbocycles. The Kier molecular flexibility index (Phi) is 7.12. The van der Waals surface area contributed by atoms with Gasteiger partial charge < -0.3 is 14.7 Å². The molecule has 6 rings (SSSR count). The minimum absolute atomic E-state index is 0.209. The highest BCUT2D eigenvalue weighted by Gasteiger charge is 2.38. The van der Waals surface area contributed by atoms with Crippen LogP contribution in [-0.2, 0) is 6.54 Å². The minimum atomic E-state index is 0.209. The number of benzene rings is 2. The molecule has 3 heterocycles. The summed E-state index contributed by atoms with van der Waals surface area (Å²) in [4.78, 5) is 12.9. The molecule has 1 unspecified atom stereocenters. The first-order valence-corrected chi connectivity index (χ1v) is 14.2. The summed E-state index contributed by atoms with van der Waals surface area (Å²) in [6.07, 6.45) is 10.1. The molecule has 3 aliphatic rings. The molecule has 1 aromatic heterocycles. The summed E-state index contributed by atoms with van der Waals surface area (Å²) < 4.78 is 0. The molecule has 1 fully saturated rings. The van der Waals surface area contributed by atoms with Crippen LogP contribution < -0.4 is 0 Å². The number of fused-ring (bicyclic) bond motifs is 1. The third kappa shape index (κ3) is 5.17. The van der Waals surface area contributed by atoms with E-state index in [2.05, 4.69) is 97.8 Å². The SMILES string of the molecule is CCCCCC1N=C2C(=CN(CC)CN2CC2CC2)N1Cc1ccc(-c2ccccc2-c2nnn[nH]2)cc1. The quantitative estimate of drug-likeness (QED) is 0.343.